The van der Waals surface area contributed by atoms with Crippen LogP contribution >= 0.6 is 0 Å². The maximum Gasteiger partial charge on any atom is 0.328 e. The maximum atomic E-state index is 14.1. The third-order valence-electron chi connectivity index (χ3n) is 8.07. The number of carbonyl (C=O) groups is 3. The summed E-state index contributed by atoms with van der Waals surface area (Å²) in [5, 5.41) is 1.06. The summed E-state index contributed by atoms with van der Waals surface area (Å²) >= 11 is 0. The van der Waals surface area contributed by atoms with Crippen LogP contribution in [0.1, 0.15) is 83.4 Å². The number of carbonyl (C=O) groups excluding carboxylic acids is 3. The van der Waals surface area contributed by atoms with E-state index in [1.54, 1.807) is 4.90 Å². The number of rotatable bonds is 10. The molecule has 4 rings (SSSR count). The van der Waals surface area contributed by atoms with Gasteiger partial charge >= 0.3 is 11.9 Å². The Kier molecular flexibility index (Phi) is 9.40. The number of hydrogen-bond acceptors (Lipinski definition) is 7. The van der Waals surface area contributed by atoms with Gasteiger partial charge in [-0.1, -0.05) is 37.1 Å². The lowest BCUT2D eigenvalue weighted by molar-refractivity contribution is -0.159. The average molecular weight is 565 g/mol. The summed E-state index contributed by atoms with van der Waals surface area (Å²) in [5.74, 6) is -0.976. The molecule has 1 saturated heterocycles. The van der Waals surface area contributed by atoms with Gasteiger partial charge in [0.25, 0.3) is 0 Å². The monoisotopic (exact) mass is 564 g/mol. The SMILES string of the molecule is C=CCCCCC[C@H](CC(=O)OC(C)(C)C)C(=O)N1C[C@]2(CCc3c(c(C)nc4ccccc34)O2)C[C@H]1C(=O)OC. The van der Waals surface area contributed by atoms with Crippen molar-refractivity contribution in [1.29, 1.82) is 0 Å². The third-order valence-corrected chi connectivity index (χ3v) is 8.07. The number of aryl methyl sites for hydroxylation is 2. The predicted molar refractivity (Wildman–Crippen MR) is 158 cm³/mol. The van der Waals surface area contributed by atoms with Crippen LogP contribution in [-0.2, 0) is 30.3 Å². The number of benzene rings is 1. The number of hydrogen-bond donors (Lipinski definition) is 0. The summed E-state index contributed by atoms with van der Waals surface area (Å²) in [4.78, 5) is 46.4. The quantitative estimate of drug-likeness (QED) is 0.202. The van der Waals surface area contributed by atoms with E-state index in [1.165, 1.54) is 7.11 Å². The second-order valence-corrected chi connectivity index (χ2v) is 12.4. The molecule has 1 aromatic carbocycles. The zero-order chi connectivity index (χ0) is 29.8. The number of esters is 2. The van der Waals surface area contributed by atoms with Crippen LogP contribution < -0.4 is 4.74 Å². The van der Waals surface area contributed by atoms with Crippen LogP contribution in [0.15, 0.2) is 36.9 Å². The summed E-state index contributed by atoms with van der Waals surface area (Å²) in [6.45, 7) is 11.4. The molecule has 1 fully saturated rings. The Bertz CT molecular complexity index is 1300. The fourth-order valence-corrected chi connectivity index (χ4v) is 6.17. The van der Waals surface area contributed by atoms with E-state index in [1.807, 2.05) is 52.0 Å². The van der Waals surface area contributed by atoms with E-state index < -0.39 is 35.1 Å². The van der Waals surface area contributed by atoms with E-state index in [0.29, 0.717) is 19.3 Å². The van der Waals surface area contributed by atoms with Crippen LogP contribution in [0.5, 0.6) is 5.75 Å². The van der Waals surface area contributed by atoms with Crippen molar-refractivity contribution in [1.82, 2.24) is 9.88 Å². The number of allylic oxidation sites excluding steroid dienone is 1. The largest absolute Gasteiger partial charge is 0.483 e. The van der Waals surface area contributed by atoms with E-state index in [4.69, 9.17) is 19.2 Å². The van der Waals surface area contributed by atoms with Gasteiger partial charge in [0.15, 0.2) is 0 Å². The van der Waals surface area contributed by atoms with Crippen LogP contribution in [0.3, 0.4) is 0 Å². The zero-order valence-electron chi connectivity index (χ0n) is 25.2. The van der Waals surface area contributed by atoms with Crippen molar-refractivity contribution in [2.24, 2.45) is 5.92 Å². The molecule has 1 aromatic heterocycles. The number of fused-ring (bicyclic) bond motifs is 3. The third kappa shape index (κ3) is 7.08. The summed E-state index contributed by atoms with van der Waals surface area (Å²) in [7, 11) is 1.34. The van der Waals surface area contributed by atoms with Crippen LogP contribution in [0.4, 0.5) is 0 Å². The highest BCUT2D eigenvalue weighted by molar-refractivity contribution is 5.89. The Hall–Kier alpha value is -3.42. The molecule has 8 heteroatoms. The standard InChI is InChI=1S/C33H44N2O6/c1-7-8-9-10-11-14-23(19-28(36)40-32(3,4)5)30(37)35-21-33(20-27(35)31(38)39-6)18-17-25-24-15-12-13-16-26(24)34-22(2)29(25)41-33/h7,12-13,15-16,23,27H,1,8-11,14,17-21H2,2-6H3/t23-,27+,33+/m1/s1. The lowest BCUT2D eigenvalue weighted by Crippen LogP contribution is -2.46. The van der Waals surface area contributed by atoms with E-state index in [2.05, 4.69) is 12.6 Å². The highest BCUT2D eigenvalue weighted by Crippen LogP contribution is 2.45. The Morgan fingerprint density at radius 1 is 1.22 bits per heavy atom. The van der Waals surface area contributed by atoms with Crippen molar-refractivity contribution < 1.29 is 28.6 Å². The summed E-state index contributed by atoms with van der Waals surface area (Å²) in [5.41, 5.74) is 1.44. The van der Waals surface area contributed by atoms with Crippen molar-refractivity contribution in [2.45, 2.75) is 103 Å². The Balaban J connectivity index is 1.59. The van der Waals surface area contributed by atoms with E-state index >= 15 is 0 Å². The highest BCUT2D eigenvalue weighted by atomic mass is 16.6. The number of methoxy groups -OCH3 is 1. The van der Waals surface area contributed by atoms with Gasteiger partial charge in [0.2, 0.25) is 5.91 Å². The first kappa shape index (κ1) is 30.5. The fourth-order valence-electron chi connectivity index (χ4n) is 6.17. The fraction of sp³-hybridized carbons (Fsp3) is 0.576. The van der Waals surface area contributed by atoms with Crippen LogP contribution in [0, 0.1) is 12.8 Å². The molecule has 0 saturated carbocycles. The van der Waals surface area contributed by atoms with Gasteiger partial charge in [0.05, 0.1) is 31.3 Å². The van der Waals surface area contributed by atoms with Crippen molar-refractivity contribution in [3.8, 4) is 5.75 Å². The predicted octanol–water partition coefficient (Wildman–Crippen LogP) is 5.87. The second kappa shape index (κ2) is 12.6. The van der Waals surface area contributed by atoms with Crippen molar-refractivity contribution in [2.75, 3.05) is 13.7 Å². The molecule has 41 heavy (non-hydrogen) atoms. The normalized spacial score (nSPS) is 20.8. The Labute approximate surface area is 243 Å². The van der Waals surface area contributed by atoms with E-state index in [-0.39, 0.29) is 18.9 Å². The minimum Gasteiger partial charge on any atom is -0.483 e. The number of ether oxygens (including phenoxy) is 3. The number of amides is 1. The molecular formula is C33H44N2O6. The lowest BCUT2D eigenvalue weighted by Gasteiger charge is -2.36. The minimum atomic E-state index is -0.787. The van der Waals surface area contributed by atoms with Gasteiger partial charge in [0.1, 0.15) is 23.0 Å². The molecular weight excluding hydrogens is 520 g/mol. The molecule has 1 spiro atoms. The smallest absolute Gasteiger partial charge is 0.328 e. The topological polar surface area (TPSA) is 95.0 Å². The molecule has 0 aliphatic carbocycles. The highest BCUT2D eigenvalue weighted by Gasteiger charge is 2.53. The molecule has 2 aliphatic rings. The van der Waals surface area contributed by atoms with Crippen LogP contribution in [-0.4, -0.2) is 58.6 Å². The molecule has 222 valence electrons. The zero-order valence-corrected chi connectivity index (χ0v) is 25.2. The molecule has 8 nitrogen and oxygen atoms in total. The molecule has 0 unspecified atom stereocenters. The van der Waals surface area contributed by atoms with Gasteiger partial charge in [-0.25, -0.2) is 9.78 Å². The molecule has 3 heterocycles. The molecule has 2 aliphatic heterocycles. The van der Waals surface area contributed by atoms with Gasteiger partial charge in [0, 0.05) is 23.3 Å². The Morgan fingerprint density at radius 2 is 1.98 bits per heavy atom. The lowest BCUT2D eigenvalue weighted by atomic mass is 9.87. The van der Waals surface area contributed by atoms with Gasteiger partial charge in [-0.15, -0.1) is 6.58 Å². The number of unbranched alkanes of at least 4 members (excludes halogenated alkanes) is 3. The number of para-hydroxylation sites is 1. The summed E-state index contributed by atoms with van der Waals surface area (Å²) in [6.07, 6.45) is 7.72. The van der Waals surface area contributed by atoms with Gasteiger partial charge < -0.3 is 19.1 Å². The molecule has 2 aromatic rings. The second-order valence-electron chi connectivity index (χ2n) is 12.4. The number of aromatic nitrogens is 1. The molecule has 0 radical (unpaired) electrons. The summed E-state index contributed by atoms with van der Waals surface area (Å²) in [6, 6.07) is 7.24. The van der Waals surface area contributed by atoms with Crippen molar-refractivity contribution in [3.63, 3.8) is 0 Å². The minimum absolute atomic E-state index is 0.0341. The van der Waals surface area contributed by atoms with Gasteiger partial charge in [-0.05, 0) is 65.9 Å². The maximum absolute atomic E-state index is 14.1. The first-order valence-electron chi connectivity index (χ1n) is 14.8. The van der Waals surface area contributed by atoms with E-state index in [0.717, 1.165) is 60.0 Å². The number of pyridine rings is 1. The van der Waals surface area contributed by atoms with Gasteiger partial charge in [-0.2, -0.15) is 0 Å². The van der Waals surface area contributed by atoms with Crippen LogP contribution in [0.25, 0.3) is 10.9 Å². The molecule has 0 bridgehead atoms. The van der Waals surface area contributed by atoms with Crippen molar-refractivity contribution in [3.05, 3.63) is 48.2 Å². The number of likely N-dealkylation sites (tertiary alicyclic amines) is 1. The molecule has 3 atom stereocenters. The van der Waals surface area contributed by atoms with Crippen LogP contribution in [0.2, 0.25) is 0 Å². The Morgan fingerprint density at radius 3 is 2.68 bits per heavy atom. The van der Waals surface area contributed by atoms with Crippen molar-refractivity contribution >= 4 is 28.7 Å². The first-order chi connectivity index (χ1) is 19.5. The summed E-state index contributed by atoms with van der Waals surface area (Å²) < 4.78 is 17.4. The molecule has 0 N–H and O–H groups in total. The number of nitrogens with zero attached hydrogens (tertiary/aromatic N) is 2. The first-order valence-corrected chi connectivity index (χ1v) is 14.8. The van der Waals surface area contributed by atoms with E-state index in [9.17, 15) is 14.4 Å². The average Bonchev–Trinajstić information content (AvgIpc) is 3.29. The molecule has 1 amide bonds. The van der Waals surface area contributed by atoms with Gasteiger partial charge in [-0.3, -0.25) is 9.59 Å².